The number of nitrogens with one attached hydrogen (secondary N) is 2. The first kappa shape index (κ1) is 16.9. The van der Waals surface area contributed by atoms with Crippen molar-refractivity contribution in [3.8, 4) is 17.0 Å². The molecule has 0 saturated carbocycles. The smallest absolute Gasteiger partial charge is 0.270 e. The predicted molar refractivity (Wildman–Crippen MR) is 105 cm³/mol. The molecular formula is C21H20N4O2. The number of ether oxygens (including phenoxy) is 1. The summed E-state index contributed by atoms with van der Waals surface area (Å²) in [5, 5.41) is 8.30. The summed E-state index contributed by atoms with van der Waals surface area (Å²) in [6, 6.07) is 19.4. The van der Waals surface area contributed by atoms with Crippen molar-refractivity contribution >= 4 is 16.8 Å². The van der Waals surface area contributed by atoms with E-state index < -0.39 is 0 Å². The highest BCUT2D eigenvalue weighted by atomic mass is 16.5. The summed E-state index contributed by atoms with van der Waals surface area (Å²) in [6.07, 6.45) is 0. The van der Waals surface area contributed by atoms with E-state index in [0.29, 0.717) is 12.2 Å². The van der Waals surface area contributed by atoms with Crippen molar-refractivity contribution in [1.29, 1.82) is 0 Å². The second kappa shape index (κ2) is 6.99. The molecule has 0 unspecified atom stereocenters. The van der Waals surface area contributed by atoms with Gasteiger partial charge >= 0.3 is 0 Å². The molecule has 2 aromatic carbocycles. The lowest BCUT2D eigenvalue weighted by molar-refractivity contribution is 0.0778. The number of rotatable bonds is 5. The van der Waals surface area contributed by atoms with Crippen molar-refractivity contribution in [1.82, 2.24) is 20.1 Å². The summed E-state index contributed by atoms with van der Waals surface area (Å²) in [4.78, 5) is 17.6. The molecule has 2 heterocycles. The largest absolute Gasteiger partial charge is 0.497 e. The van der Waals surface area contributed by atoms with E-state index >= 15 is 0 Å². The van der Waals surface area contributed by atoms with Crippen LogP contribution in [-0.2, 0) is 6.54 Å². The standard InChI is InChI=1S/C21H20N4O2/c1-25(13-16-12-19(24-23-16)14-6-4-3-5-7-14)21(26)20-11-15-10-17(27-2)8-9-18(15)22-20/h3-12,22H,13H2,1-2H3,(H,23,24). The highest BCUT2D eigenvalue weighted by molar-refractivity contribution is 5.98. The number of carbonyl (C=O) groups is 1. The Kier molecular flexibility index (Phi) is 4.38. The summed E-state index contributed by atoms with van der Waals surface area (Å²) in [6.45, 7) is 0.442. The third-order valence-corrected chi connectivity index (χ3v) is 4.51. The number of hydrogen-bond donors (Lipinski definition) is 2. The average Bonchev–Trinajstić information content (AvgIpc) is 3.34. The van der Waals surface area contributed by atoms with E-state index in [-0.39, 0.29) is 5.91 Å². The van der Waals surface area contributed by atoms with Gasteiger partial charge in [-0.05, 0) is 30.3 Å². The zero-order chi connectivity index (χ0) is 18.8. The van der Waals surface area contributed by atoms with Crippen LogP contribution in [0.5, 0.6) is 5.75 Å². The minimum Gasteiger partial charge on any atom is -0.497 e. The number of nitrogens with zero attached hydrogens (tertiary/aromatic N) is 2. The molecule has 0 saturated heterocycles. The van der Waals surface area contributed by atoms with Crippen LogP contribution in [0.2, 0.25) is 0 Å². The Balaban J connectivity index is 1.50. The summed E-state index contributed by atoms with van der Waals surface area (Å²) in [5.41, 5.74) is 4.23. The van der Waals surface area contributed by atoms with E-state index in [9.17, 15) is 4.79 Å². The third-order valence-electron chi connectivity index (χ3n) is 4.51. The summed E-state index contributed by atoms with van der Waals surface area (Å²) in [7, 11) is 3.40. The Bertz CT molecular complexity index is 1080. The normalized spacial score (nSPS) is 10.9. The van der Waals surface area contributed by atoms with E-state index in [2.05, 4.69) is 15.2 Å². The zero-order valence-corrected chi connectivity index (χ0v) is 15.2. The highest BCUT2D eigenvalue weighted by Gasteiger charge is 2.16. The van der Waals surface area contributed by atoms with Gasteiger partial charge in [-0.25, -0.2) is 0 Å². The molecule has 4 rings (SSSR count). The fourth-order valence-electron chi connectivity index (χ4n) is 3.09. The van der Waals surface area contributed by atoms with Crippen LogP contribution in [0.4, 0.5) is 0 Å². The number of methoxy groups -OCH3 is 1. The Morgan fingerprint density at radius 3 is 2.70 bits per heavy atom. The maximum atomic E-state index is 12.8. The topological polar surface area (TPSA) is 74.0 Å². The molecule has 2 aromatic heterocycles. The molecule has 2 N–H and O–H groups in total. The number of aromatic nitrogens is 3. The van der Waals surface area contributed by atoms with Crippen LogP contribution in [0.25, 0.3) is 22.2 Å². The van der Waals surface area contributed by atoms with Gasteiger partial charge in [-0.15, -0.1) is 0 Å². The number of H-pyrrole nitrogens is 2. The number of amides is 1. The van der Waals surface area contributed by atoms with Crippen LogP contribution >= 0.6 is 0 Å². The van der Waals surface area contributed by atoms with Crippen LogP contribution in [0, 0.1) is 0 Å². The Labute approximate surface area is 156 Å². The van der Waals surface area contributed by atoms with Gasteiger partial charge in [0.05, 0.1) is 25.0 Å². The van der Waals surface area contributed by atoms with Crippen molar-refractivity contribution in [2.24, 2.45) is 0 Å². The Hall–Kier alpha value is -3.54. The second-order valence-electron chi connectivity index (χ2n) is 6.44. The van der Waals surface area contributed by atoms with Gasteiger partial charge in [-0.3, -0.25) is 9.89 Å². The molecule has 1 amide bonds. The molecule has 0 fully saturated rings. The van der Waals surface area contributed by atoms with Crippen molar-refractivity contribution in [3.05, 3.63) is 72.1 Å². The van der Waals surface area contributed by atoms with Gasteiger partial charge < -0.3 is 14.6 Å². The number of hydrogen-bond acceptors (Lipinski definition) is 3. The lowest BCUT2D eigenvalue weighted by atomic mass is 10.1. The highest BCUT2D eigenvalue weighted by Crippen LogP contribution is 2.22. The number of benzene rings is 2. The monoisotopic (exact) mass is 360 g/mol. The second-order valence-corrected chi connectivity index (χ2v) is 6.44. The summed E-state index contributed by atoms with van der Waals surface area (Å²) in [5.74, 6) is 0.681. The maximum absolute atomic E-state index is 12.8. The van der Waals surface area contributed by atoms with Crippen molar-refractivity contribution < 1.29 is 9.53 Å². The van der Waals surface area contributed by atoms with Gasteiger partial charge in [-0.1, -0.05) is 30.3 Å². The fourth-order valence-corrected chi connectivity index (χ4v) is 3.09. The van der Waals surface area contributed by atoms with Crippen molar-refractivity contribution in [3.63, 3.8) is 0 Å². The molecule has 6 nitrogen and oxygen atoms in total. The predicted octanol–water partition coefficient (Wildman–Crippen LogP) is 3.84. The Morgan fingerprint density at radius 2 is 1.93 bits per heavy atom. The molecule has 4 aromatic rings. The van der Waals surface area contributed by atoms with Gasteiger partial charge in [0.2, 0.25) is 0 Å². The van der Waals surface area contributed by atoms with E-state index in [1.165, 1.54) is 0 Å². The zero-order valence-electron chi connectivity index (χ0n) is 15.2. The van der Waals surface area contributed by atoms with Crippen molar-refractivity contribution in [2.75, 3.05) is 14.2 Å². The van der Waals surface area contributed by atoms with Crippen LogP contribution in [-0.4, -0.2) is 40.1 Å². The van der Waals surface area contributed by atoms with Crippen LogP contribution in [0.15, 0.2) is 60.7 Å². The number of fused-ring (bicyclic) bond motifs is 1. The average molecular weight is 360 g/mol. The summed E-state index contributed by atoms with van der Waals surface area (Å²) >= 11 is 0. The van der Waals surface area contributed by atoms with Gasteiger partial charge in [0.15, 0.2) is 0 Å². The molecule has 6 heteroatoms. The first-order valence-corrected chi connectivity index (χ1v) is 8.66. The number of aromatic amines is 2. The van der Waals surface area contributed by atoms with Crippen molar-refractivity contribution in [2.45, 2.75) is 6.54 Å². The van der Waals surface area contributed by atoms with Gasteiger partial charge in [0.1, 0.15) is 11.4 Å². The maximum Gasteiger partial charge on any atom is 0.270 e. The molecule has 0 atom stereocenters. The molecule has 0 aliphatic carbocycles. The van der Waals surface area contributed by atoms with Crippen LogP contribution < -0.4 is 4.74 Å². The molecule has 0 radical (unpaired) electrons. The minimum atomic E-state index is -0.0824. The molecule has 0 aliphatic heterocycles. The molecule has 0 spiro atoms. The van der Waals surface area contributed by atoms with E-state index in [1.54, 1.807) is 19.1 Å². The summed E-state index contributed by atoms with van der Waals surface area (Å²) < 4.78 is 5.24. The van der Waals surface area contributed by atoms with E-state index in [1.807, 2.05) is 60.7 Å². The van der Waals surface area contributed by atoms with Gasteiger partial charge in [0, 0.05) is 23.5 Å². The third kappa shape index (κ3) is 3.42. The van der Waals surface area contributed by atoms with Crippen LogP contribution in [0.1, 0.15) is 16.2 Å². The van der Waals surface area contributed by atoms with Gasteiger partial charge in [0.25, 0.3) is 5.91 Å². The molecule has 136 valence electrons. The molecule has 0 bridgehead atoms. The Morgan fingerprint density at radius 1 is 1.11 bits per heavy atom. The quantitative estimate of drug-likeness (QED) is 0.568. The lowest BCUT2D eigenvalue weighted by Crippen LogP contribution is -2.26. The van der Waals surface area contributed by atoms with E-state index in [0.717, 1.165) is 33.6 Å². The lowest BCUT2D eigenvalue weighted by Gasteiger charge is -2.14. The van der Waals surface area contributed by atoms with E-state index in [4.69, 9.17) is 4.74 Å². The minimum absolute atomic E-state index is 0.0824. The molecule has 0 aliphatic rings. The van der Waals surface area contributed by atoms with Gasteiger partial charge in [-0.2, -0.15) is 5.10 Å². The SMILES string of the molecule is COc1ccc2[nH]c(C(=O)N(C)Cc3cc(-c4ccccc4)n[nH]3)cc2c1. The fraction of sp³-hybridized carbons (Fsp3) is 0.143. The van der Waals surface area contributed by atoms with Crippen LogP contribution in [0.3, 0.4) is 0 Å². The first-order valence-electron chi connectivity index (χ1n) is 8.66. The molecular weight excluding hydrogens is 340 g/mol. The first-order chi connectivity index (χ1) is 13.1. The molecule has 27 heavy (non-hydrogen) atoms. The number of carbonyl (C=O) groups excluding carboxylic acids is 1.